The largest absolute Gasteiger partial charge is 0.501 e. The molecule has 1 fully saturated rings. The van der Waals surface area contributed by atoms with Crippen LogP contribution in [0.4, 0.5) is 0 Å². The molecule has 1 aromatic rings. The molecule has 0 atom stereocenters. The number of ether oxygens (including phenoxy) is 2. The van der Waals surface area contributed by atoms with E-state index in [1.807, 2.05) is 45.7 Å². The highest BCUT2D eigenvalue weighted by molar-refractivity contribution is 6.39. The van der Waals surface area contributed by atoms with Gasteiger partial charge in [0.25, 0.3) is 0 Å². The van der Waals surface area contributed by atoms with E-state index in [1.165, 1.54) is 12.3 Å². The van der Waals surface area contributed by atoms with Crippen LogP contribution in [0.25, 0.3) is 0 Å². The van der Waals surface area contributed by atoms with Crippen LogP contribution in [0.3, 0.4) is 0 Å². The highest BCUT2D eigenvalue weighted by Crippen LogP contribution is 2.26. The van der Waals surface area contributed by atoms with Crippen molar-refractivity contribution in [3.8, 4) is 0 Å². The van der Waals surface area contributed by atoms with Gasteiger partial charge in [0.05, 0.1) is 18.4 Å². The van der Waals surface area contributed by atoms with Gasteiger partial charge >= 0.3 is 5.97 Å². The van der Waals surface area contributed by atoms with Crippen LogP contribution >= 0.6 is 0 Å². The van der Waals surface area contributed by atoms with Crippen molar-refractivity contribution < 1.29 is 19.1 Å². The summed E-state index contributed by atoms with van der Waals surface area (Å²) in [6, 6.07) is 9.06. The molecule has 2 rings (SSSR count). The molecule has 1 aliphatic rings. The van der Waals surface area contributed by atoms with Crippen molar-refractivity contribution in [3.63, 3.8) is 0 Å². The first-order valence-electron chi connectivity index (χ1n) is 9.27. The molecule has 0 unspecified atom stereocenters. The molecule has 0 N–H and O–H groups in total. The molecule has 138 valence electrons. The minimum absolute atomic E-state index is 0.00772. The van der Waals surface area contributed by atoms with Gasteiger partial charge in [-0.2, -0.15) is 0 Å². The molecule has 1 amide bonds. The molecule has 26 heavy (non-hydrogen) atoms. The summed E-state index contributed by atoms with van der Waals surface area (Å²) < 4.78 is 10.8. The van der Waals surface area contributed by atoms with E-state index in [4.69, 9.17) is 9.47 Å². The van der Waals surface area contributed by atoms with Gasteiger partial charge in [0, 0.05) is 24.6 Å². The van der Waals surface area contributed by atoms with Gasteiger partial charge in [0.1, 0.15) is 15.7 Å². The lowest BCUT2D eigenvalue weighted by atomic mass is 9.60. The predicted molar refractivity (Wildman–Crippen MR) is 106 cm³/mol. The Morgan fingerprint density at radius 2 is 1.88 bits per heavy atom. The van der Waals surface area contributed by atoms with Crippen LogP contribution in [-0.2, 0) is 14.3 Å². The van der Waals surface area contributed by atoms with Crippen molar-refractivity contribution in [1.82, 2.24) is 4.90 Å². The molecule has 0 saturated carbocycles. The fourth-order valence-corrected chi connectivity index (χ4v) is 3.29. The Labute approximate surface area is 157 Å². The lowest BCUT2D eigenvalue weighted by Gasteiger charge is -2.36. The monoisotopic (exact) mass is 355 g/mol. The number of carbonyl (C=O) groups is 2. The van der Waals surface area contributed by atoms with Crippen LogP contribution in [0.2, 0.25) is 0 Å². The summed E-state index contributed by atoms with van der Waals surface area (Å²) in [7, 11) is 3.91. The van der Waals surface area contributed by atoms with Crippen LogP contribution in [0, 0.1) is 5.92 Å². The first-order chi connectivity index (χ1) is 12.4. The molecule has 1 aromatic carbocycles. The second-order valence-electron chi connectivity index (χ2n) is 7.25. The van der Waals surface area contributed by atoms with Gasteiger partial charge in [0.15, 0.2) is 0 Å². The molecule has 0 bridgehead atoms. The first-order valence-corrected chi connectivity index (χ1v) is 9.27. The van der Waals surface area contributed by atoms with E-state index in [0.717, 1.165) is 32.4 Å². The third-order valence-corrected chi connectivity index (χ3v) is 4.56. The molecular formula is C19H27B2NO4. The van der Waals surface area contributed by atoms with E-state index < -0.39 is 5.40 Å². The SMILES string of the molecule is BC(B)(CC1CCN(C(=O)/C=C/OCC)CC1)OC(=O)c1ccccc1. The van der Waals surface area contributed by atoms with Crippen molar-refractivity contribution in [1.29, 1.82) is 0 Å². The summed E-state index contributed by atoms with van der Waals surface area (Å²) in [5.41, 5.74) is 0.571. The summed E-state index contributed by atoms with van der Waals surface area (Å²) in [6.07, 6.45) is 5.57. The topological polar surface area (TPSA) is 55.8 Å². The highest BCUT2D eigenvalue weighted by Gasteiger charge is 2.30. The van der Waals surface area contributed by atoms with E-state index in [0.29, 0.717) is 18.1 Å². The zero-order chi connectivity index (χ0) is 19.0. The number of rotatable bonds is 7. The third-order valence-electron chi connectivity index (χ3n) is 4.56. The van der Waals surface area contributed by atoms with Crippen LogP contribution < -0.4 is 0 Å². The summed E-state index contributed by atoms with van der Waals surface area (Å²) >= 11 is 0. The standard InChI is InChI=1S/C19H27B2NO4/c1-2-25-13-10-17(23)22-11-8-15(9-12-22)14-19(20,21)26-18(24)16-6-4-3-5-7-16/h3-7,10,13,15H,2,8-9,11-12,14,20-21H2,1H3/b13-10+. The normalized spacial score (nSPS) is 15.8. The van der Waals surface area contributed by atoms with E-state index >= 15 is 0 Å². The fraction of sp³-hybridized carbons (Fsp3) is 0.474. The van der Waals surface area contributed by atoms with Gasteiger partial charge in [-0.05, 0) is 44.2 Å². The summed E-state index contributed by atoms with van der Waals surface area (Å²) in [5.74, 6) is 0.143. The number of piperidine rings is 1. The number of carbonyl (C=O) groups excluding carboxylic acids is 2. The molecule has 0 radical (unpaired) electrons. The maximum Gasteiger partial charge on any atom is 0.337 e. The molecule has 7 heteroatoms. The number of hydrogen-bond acceptors (Lipinski definition) is 4. The number of likely N-dealkylation sites (tertiary alicyclic amines) is 1. The summed E-state index contributed by atoms with van der Waals surface area (Å²) in [4.78, 5) is 26.2. The molecule has 5 nitrogen and oxygen atoms in total. The molecule has 1 aliphatic heterocycles. The molecule has 0 spiro atoms. The predicted octanol–water partition coefficient (Wildman–Crippen LogP) is 0.942. The second-order valence-corrected chi connectivity index (χ2v) is 7.25. The highest BCUT2D eigenvalue weighted by atomic mass is 16.5. The Morgan fingerprint density at radius 3 is 2.50 bits per heavy atom. The van der Waals surface area contributed by atoms with Crippen molar-refractivity contribution >= 4 is 27.6 Å². The van der Waals surface area contributed by atoms with Crippen molar-refractivity contribution in [3.05, 3.63) is 48.2 Å². The smallest absolute Gasteiger partial charge is 0.337 e. The Bertz CT molecular complexity index is 626. The lowest BCUT2D eigenvalue weighted by molar-refractivity contribution is -0.127. The van der Waals surface area contributed by atoms with Gasteiger partial charge in [-0.3, -0.25) is 4.79 Å². The number of nitrogens with zero attached hydrogens (tertiary/aromatic N) is 1. The zero-order valence-corrected chi connectivity index (χ0v) is 15.9. The molecule has 0 aliphatic carbocycles. The number of benzene rings is 1. The maximum absolute atomic E-state index is 12.3. The zero-order valence-electron chi connectivity index (χ0n) is 15.9. The Hall–Kier alpha value is -2.17. The van der Waals surface area contributed by atoms with Gasteiger partial charge in [0.2, 0.25) is 5.91 Å². The Balaban J connectivity index is 1.80. The van der Waals surface area contributed by atoms with Crippen molar-refractivity contribution in [2.75, 3.05) is 19.7 Å². The van der Waals surface area contributed by atoms with Gasteiger partial charge in [-0.1, -0.05) is 18.2 Å². The lowest BCUT2D eigenvalue weighted by Crippen LogP contribution is -2.43. The number of hydrogen-bond donors (Lipinski definition) is 0. The molecular weight excluding hydrogens is 328 g/mol. The quantitative estimate of drug-likeness (QED) is 0.316. The van der Waals surface area contributed by atoms with Crippen LogP contribution in [0.15, 0.2) is 42.7 Å². The summed E-state index contributed by atoms with van der Waals surface area (Å²) in [5, 5.41) is -0.529. The van der Waals surface area contributed by atoms with Crippen LogP contribution in [-0.4, -0.2) is 57.6 Å². The Morgan fingerprint density at radius 1 is 1.23 bits per heavy atom. The first kappa shape index (κ1) is 20.1. The molecule has 1 heterocycles. The number of esters is 1. The van der Waals surface area contributed by atoms with Gasteiger partial charge in [-0.25, -0.2) is 4.79 Å². The molecule has 1 saturated heterocycles. The van der Waals surface area contributed by atoms with E-state index in [1.54, 1.807) is 12.1 Å². The summed E-state index contributed by atoms with van der Waals surface area (Å²) in [6.45, 7) is 3.89. The second kappa shape index (κ2) is 9.51. The minimum atomic E-state index is -0.529. The average Bonchev–Trinajstić information content (AvgIpc) is 2.62. The fourth-order valence-electron chi connectivity index (χ4n) is 3.29. The minimum Gasteiger partial charge on any atom is -0.501 e. The van der Waals surface area contributed by atoms with E-state index in [2.05, 4.69) is 0 Å². The maximum atomic E-state index is 12.3. The van der Waals surface area contributed by atoms with Crippen LogP contribution in [0.1, 0.15) is 36.5 Å². The van der Waals surface area contributed by atoms with Gasteiger partial charge in [-0.15, -0.1) is 0 Å². The third kappa shape index (κ3) is 6.28. The number of amides is 1. The van der Waals surface area contributed by atoms with Crippen LogP contribution in [0.5, 0.6) is 0 Å². The van der Waals surface area contributed by atoms with E-state index in [-0.39, 0.29) is 11.9 Å². The van der Waals surface area contributed by atoms with Crippen molar-refractivity contribution in [2.45, 2.75) is 31.6 Å². The average molecular weight is 355 g/mol. The molecule has 0 aromatic heterocycles. The van der Waals surface area contributed by atoms with E-state index in [9.17, 15) is 9.59 Å². The Kier molecular flexibility index (Phi) is 7.37. The van der Waals surface area contributed by atoms with Gasteiger partial charge < -0.3 is 14.4 Å². The van der Waals surface area contributed by atoms with Crippen molar-refractivity contribution in [2.24, 2.45) is 5.92 Å².